The minimum atomic E-state index is 0.194. The van der Waals surface area contributed by atoms with Gasteiger partial charge in [-0.2, -0.15) is 11.3 Å². The number of benzene rings is 1. The number of rotatable bonds is 5. The van der Waals surface area contributed by atoms with E-state index in [9.17, 15) is 0 Å². The normalized spacial score (nSPS) is 14.3. The lowest BCUT2D eigenvalue weighted by Crippen LogP contribution is -2.25. The van der Waals surface area contributed by atoms with Gasteiger partial charge in [0.2, 0.25) is 0 Å². The molecule has 0 fully saturated rings. The average molecular weight is 291 g/mol. The molecule has 0 aliphatic rings. The number of aryl methyl sites for hydroxylation is 2. The monoisotopic (exact) mass is 291 g/mol. The first-order chi connectivity index (χ1) is 9.11. The summed E-state index contributed by atoms with van der Waals surface area (Å²) in [5.74, 6) is 0. The van der Waals surface area contributed by atoms with E-state index in [0.717, 1.165) is 6.42 Å². The molecule has 1 aromatic carbocycles. The van der Waals surface area contributed by atoms with E-state index in [4.69, 9.17) is 5.73 Å². The fraction of sp³-hybridized carbons (Fsp3) is 0.375. The summed E-state index contributed by atoms with van der Waals surface area (Å²) in [6.45, 7) is 6.47. The second-order valence-corrected chi connectivity index (χ2v) is 6.90. The van der Waals surface area contributed by atoms with E-state index >= 15 is 0 Å². The van der Waals surface area contributed by atoms with Gasteiger partial charge in [-0.25, -0.2) is 0 Å². The molecule has 3 heteroatoms. The first kappa shape index (κ1) is 14.6. The maximum absolute atomic E-state index is 6.33. The van der Waals surface area contributed by atoms with Crippen molar-refractivity contribution >= 4 is 23.1 Å². The molecule has 2 atom stereocenters. The first-order valence-corrected chi connectivity index (χ1v) is 8.45. The van der Waals surface area contributed by atoms with Crippen molar-refractivity contribution in [3.8, 4) is 0 Å². The zero-order chi connectivity index (χ0) is 13.8. The van der Waals surface area contributed by atoms with E-state index in [-0.39, 0.29) is 6.04 Å². The molecule has 1 heterocycles. The quantitative estimate of drug-likeness (QED) is 0.790. The maximum Gasteiger partial charge on any atom is 0.0503 e. The highest BCUT2D eigenvalue weighted by atomic mass is 32.2. The van der Waals surface area contributed by atoms with E-state index in [2.05, 4.69) is 55.8 Å². The molecule has 0 spiro atoms. The van der Waals surface area contributed by atoms with Crippen LogP contribution in [-0.4, -0.2) is 6.04 Å². The Bertz CT molecular complexity index is 520. The maximum atomic E-state index is 6.33. The van der Waals surface area contributed by atoms with Crippen LogP contribution in [-0.2, 0) is 0 Å². The van der Waals surface area contributed by atoms with Crippen LogP contribution in [0.2, 0.25) is 0 Å². The third-order valence-electron chi connectivity index (χ3n) is 3.33. The van der Waals surface area contributed by atoms with E-state index in [1.807, 2.05) is 11.8 Å². The standard InChI is InChI=1S/C16H21NS2/c1-4-14(17)16(13-7-8-18-10-13)19-15-9-11(2)5-6-12(15)3/h5-10,14,16H,4,17H2,1-3H3. The van der Waals surface area contributed by atoms with Crippen LogP contribution in [0, 0.1) is 13.8 Å². The van der Waals surface area contributed by atoms with Crippen LogP contribution >= 0.6 is 23.1 Å². The Hall–Kier alpha value is -0.770. The minimum absolute atomic E-state index is 0.194. The first-order valence-electron chi connectivity index (χ1n) is 6.63. The Balaban J connectivity index is 2.28. The zero-order valence-electron chi connectivity index (χ0n) is 11.7. The molecule has 2 aromatic rings. The molecule has 2 unspecified atom stereocenters. The van der Waals surface area contributed by atoms with Crippen molar-refractivity contribution in [2.24, 2.45) is 5.73 Å². The fourth-order valence-electron chi connectivity index (χ4n) is 2.02. The van der Waals surface area contributed by atoms with Gasteiger partial charge < -0.3 is 5.73 Å². The summed E-state index contributed by atoms with van der Waals surface area (Å²) in [5, 5.41) is 4.70. The van der Waals surface area contributed by atoms with Crippen LogP contribution in [0.25, 0.3) is 0 Å². The number of nitrogens with two attached hydrogens (primary N) is 1. The summed E-state index contributed by atoms with van der Waals surface area (Å²) in [4.78, 5) is 1.35. The van der Waals surface area contributed by atoms with Crippen LogP contribution < -0.4 is 5.73 Å². The highest BCUT2D eigenvalue weighted by Gasteiger charge is 2.21. The van der Waals surface area contributed by atoms with Gasteiger partial charge >= 0.3 is 0 Å². The SMILES string of the molecule is CCC(N)C(Sc1cc(C)ccc1C)c1ccsc1. The van der Waals surface area contributed by atoms with Gasteiger partial charge in [0.1, 0.15) is 0 Å². The predicted octanol–water partition coefficient (Wildman–Crippen LogP) is 4.94. The Morgan fingerprint density at radius 2 is 2.05 bits per heavy atom. The predicted molar refractivity (Wildman–Crippen MR) is 87.1 cm³/mol. The summed E-state index contributed by atoms with van der Waals surface area (Å²) in [6, 6.07) is 9.02. The summed E-state index contributed by atoms with van der Waals surface area (Å²) in [7, 11) is 0. The lowest BCUT2D eigenvalue weighted by Gasteiger charge is -2.22. The molecule has 0 aliphatic heterocycles. The molecular weight excluding hydrogens is 270 g/mol. The lowest BCUT2D eigenvalue weighted by molar-refractivity contribution is 0.635. The van der Waals surface area contributed by atoms with Crippen LogP contribution in [0.5, 0.6) is 0 Å². The van der Waals surface area contributed by atoms with Crippen LogP contribution in [0.4, 0.5) is 0 Å². The van der Waals surface area contributed by atoms with Crippen LogP contribution in [0.15, 0.2) is 39.9 Å². The summed E-state index contributed by atoms with van der Waals surface area (Å²) in [6.07, 6.45) is 0.998. The van der Waals surface area contributed by atoms with E-state index in [1.165, 1.54) is 21.6 Å². The Labute approximate surface area is 124 Å². The number of hydrogen-bond acceptors (Lipinski definition) is 3. The van der Waals surface area contributed by atoms with Gasteiger partial charge in [0.05, 0.1) is 5.25 Å². The van der Waals surface area contributed by atoms with Gasteiger partial charge in [0.15, 0.2) is 0 Å². The molecular formula is C16H21NS2. The Morgan fingerprint density at radius 1 is 1.26 bits per heavy atom. The average Bonchev–Trinajstić information content (AvgIpc) is 2.92. The van der Waals surface area contributed by atoms with Gasteiger partial charge in [-0.05, 0) is 54.3 Å². The van der Waals surface area contributed by atoms with Crippen molar-refractivity contribution in [1.82, 2.24) is 0 Å². The van der Waals surface area contributed by atoms with Gasteiger partial charge in [0, 0.05) is 10.9 Å². The minimum Gasteiger partial charge on any atom is -0.326 e. The van der Waals surface area contributed by atoms with Crippen molar-refractivity contribution in [1.29, 1.82) is 0 Å². The van der Waals surface area contributed by atoms with Gasteiger partial charge in [-0.15, -0.1) is 11.8 Å². The zero-order valence-corrected chi connectivity index (χ0v) is 13.4. The molecule has 2 rings (SSSR count). The second kappa shape index (κ2) is 6.60. The highest BCUT2D eigenvalue weighted by molar-refractivity contribution is 7.99. The van der Waals surface area contributed by atoms with Gasteiger partial charge in [-0.1, -0.05) is 24.6 Å². The highest BCUT2D eigenvalue weighted by Crippen LogP contribution is 2.40. The van der Waals surface area contributed by atoms with Crippen molar-refractivity contribution in [2.45, 2.75) is 43.4 Å². The lowest BCUT2D eigenvalue weighted by atomic mass is 10.1. The smallest absolute Gasteiger partial charge is 0.0503 e. The molecule has 0 aliphatic carbocycles. The molecule has 2 N–H and O–H groups in total. The summed E-state index contributed by atoms with van der Waals surface area (Å²) >= 11 is 3.65. The number of hydrogen-bond donors (Lipinski definition) is 1. The topological polar surface area (TPSA) is 26.0 Å². The van der Waals surface area contributed by atoms with E-state index in [0.29, 0.717) is 5.25 Å². The summed E-state index contributed by atoms with van der Waals surface area (Å²) < 4.78 is 0. The van der Waals surface area contributed by atoms with Crippen molar-refractivity contribution in [3.05, 3.63) is 51.7 Å². The third-order valence-corrected chi connectivity index (χ3v) is 5.60. The number of thiophene rings is 1. The van der Waals surface area contributed by atoms with Gasteiger partial charge in [0.25, 0.3) is 0 Å². The molecule has 1 aromatic heterocycles. The molecule has 0 saturated heterocycles. The molecule has 0 saturated carbocycles. The second-order valence-electron chi connectivity index (χ2n) is 4.94. The molecule has 0 bridgehead atoms. The van der Waals surface area contributed by atoms with E-state index in [1.54, 1.807) is 11.3 Å². The Kier molecular flexibility index (Phi) is 5.08. The molecule has 1 nitrogen and oxygen atoms in total. The van der Waals surface area contributed by atoms with Crippen LogP contribution in [0.1, 0.15) is 35.3 Å². The molecule has 19 heavy (non-hydrogen) atoms. The fourth-order valence-corrected chi connectivity index (χ4v) is 4.24. The van der Waals surface area contributed by atoms with Gasteiger partial charge in [-0.3, -0.25) is 0 Å². The van der Waals surface area contributed by atoms with Crippen molar-refractivity contribution in [3.63, 3.8) is 0 Å². The van der Waals surface area contributed by atoms with Crippen LogP contribution in [0.3, 0.4) is 0 Å². The largest absolute Gasteiger partial charge is 0.326 e. The number of thioether (sulfide) groups is 1. The van der Waals surface area contributed by atoms with E-state index < -0.39 is 0 Å². The summed E-state index contributed by atoms with van der Waals surface area (Å²) in [5.41, 5.74) is 10.3. The van der Waals surface area contributed by atoms with Crippen molar-refractivity contribution < 1.29 is 0 Å². The molecule has 0 radical (unpaired) electrons. The Morgan fingerprint density at radius 3 is 2.68 bits per heavy atom. The molecule has 102 valence electrons. The third kappa shape index (κ3) is 3.62. The van der Waals surface area contributed by atoms with Crippen molar-refractivity contribution in [2.75, 3.05) is 0 Å². The molecule has 0 amide bonds.